The summed E-state index contributed by atoms with van der Waals surface area (Å²) in [4.78, 5) is 15.3. The number of hydrogen-bond donors (Lipinski definition) is 1. The van der Waals surface area contributed by atoms with Gasteiger partial charge < -0.3 is 18.8 Å². The van der Waals surface area contributed by atoms with E-state index in [-0.39, 0.29) is 5.76 Å². The average Bonchev–Trinajstić information content (AvgIpc) is 3.29. The monoisotopic (exact) mass is 350 g/mol. The number of imidazole rings is 1. The number of carbonyl (C=O) groups is 1. The van der Waals surface area contributed by atoms with Crippen molar-refractivity contribution >= 4 is 23.0 Å². The summed E-state index contributed by atoms with van der Waals surface area (Å²) in [5.74, 6) is 0.949. The van der Waals surface area contributed by atoms with E-state index >= 15 is 0 Å². The molecule has 0 amide bonds. The third kappa shape index (κ3) is 2.69. The molecule has 1 aliphatic heterocycles. The van der Waals surface area contributed by atoms with Crippen LogP contribution in [-0.4, -0.2) is 27.0 Å². The number of allylic oxidation sites excluding steroid dienone is 1. The molecule has 0 bridgehead atoms. The van der Waals surface area contributed by atoms with Crippen LogP contribution in [0, 0.1) is 0 Å². The highest BCUT2D eigenvalue weighted by Crippen LogP contribution is 2.35. The summed E-state index contributed by atoms with van der Waals surface area (Å²) in [5.41, 5.74) is 2.88. The number of carbonyl (C=O) groups excluding carboxylic acids is 1. The Labute approximate surface area is 150 Å². The van der Waals surface area contributed by atoms with Crippen LogP contribution < -0.4 is 0 Å². The molecule has 0 aliphatic carbocycles. The van der Waals surface area contributed by atoms with Gasteiger partial charge in [-0.05, 0) is 37.6 Å². The maximum Gasteiger partial charge on any atom is 0.178 e. The van der Waals surface area contributed by atoms with E-state index in [4.69, 9.17) is 9.15 Å². The van der Waals surface area contributed by atoms with E-state index in [0.29, 0.717) is 41.1 Å². The zero-order chi connectivity index (χ0) is 18.3. The van der Waals surface area contributed by atoms with Gasteiger partial charge in [0.1, 0.15) is 11.3 Å². The van der Waals surface area contributed by atoms with Crippen LogP contribution in [0.2, 0.25) is 0 Å². The first-order valence-corrected chi connectivity index (χ1v) is 8.28. The summed E-state index contributed by atoms with van der Waals surface area (Å²) in [6.45, 7) is 4.13. The molecule has 4 rings (SSSR count). The molecule has 0 spiro atoms. The molecule has 1 aromatic carbocycles. The van der Waals surface area contributed by atoms with Crippen LogP contribution in [0.25, 0.3) is 16.7 Å². The van der Waals surface area contributed by atoms with Gasteiger partial charge in [-0.25, -0.2) is 4.98 Å². The predicted molar refractivity (Wildman–Crippen MR) is 96.4 cm³/mol. The largest absolute Gasteiger partial charge is 0.507 e. The minimum atomic E-state index is -0.807. The third-order valence-corrected chi connectivity index (χ3v) is 4.59. The minimum absolute atomic E-state index is 0.0737. The van der Waals surface area contributed by atoms with Gasteiger partial charge in [-0.1, -0.05) is 6.07 Å². The molecule has 1 N–H and O–H groups in total. The highest BCUT2D eigenvalue weighted by atomic mass is 16.5. The first-order chi connectivity index (χ1) is 12.6. The van der Waals surface area contributed by atoms with E-state index in [1.54, 1.807) is 26.4 Å². The zero-order valence-electron chi connectivity index (χ0n) is 14.5. The maximum absolute atomic E-state index is 11.2. The first kappa shape index (κ1) is 16.2. The lowest BCUT2D eigenvalue weighted by molar-refractivity contribution is -0.113. The Balaban J connectivity index is 1.72. The number of fused-ring (bicyclic) bond motifs is 1. The molecule has 3 aromatic rings. The summed E-state index contributed by atoms with van der Waals surface area (Å²) >= 11 is 0. The molecule has 3 heterocycles. The van der Waals surface area contributed by atoms with Gasteiger partial charge in [0.2, 0.25) is 0 Å². The van der Waals surface area contributed by atoms with Crippen molar-refractivity contribution in [1.82, 2.24) is 9.55 Å². The normalized spacial score (nSPS) is 17.7. The SMILES string of the molecule is CC1=C(c2cc3cc(Cn4ccnc4)ccc3o2)OC(C=O)C(C)=C1O. The fourth-order valence-corrected chi connectivity index (χ4v) is 3.11. The fraction of sp³-hybridized carbons (Fsp3) is 0.200. The predicted octanol–water partition coefficient (Wildman–Crippen LogP) is 3.84. The molecule has 26 heavy (non-hydrogen) atoms. The Bertz CT molecular complexity index is 1040. The zero-order valence-corrected chi connectivity index (χ0v) is 14.5. The van der Waals surface area contributed by atoms with E-state index < -0.39 is 6.10 Å². The van der Waals surface area contributed by atoms with Crippen LogP contribution in [0.3, 0.4) is 0 Å². The molecule has 6 nitrogen and oxygen atoms in total. The van der Waals surface area contributed by atoms with Gasteiger partial charge in [0.25, 0.3) is 0 Å². The molecule has 2 aromatic heterocycles. The van der Waals surface area contributed by atoms with E-state index in [0.717, 1.165) is 10.9 Å². The highest BCUT2D eigenvalue weighted by Gasteiger charge is 2.28. The van der Waals surface area contributed by atoms with Crippen LogP contribution in [0.15, 0.2) is 64.3 Å². The molecule has 6 heteroatoms. The minimum Gasteiger partial charge on any atom is -0.507 e. The van der Waals surface area contributed by atoms with Gasteiger partial charge in [0.15, 0.2) is 23.9 Å². The molecule has 0 saturated heterocycles. The second-order valence-corrected chi connectivity index (χ2v) is 6.38. The van der Waals surface area contributed by atoms with E-state index in [1.165, 1.54) is 0 Å². The lowest BCUT2D eigenvalue weighted by Gasteiger charge is -2.24. The van der Waals surface area contributed by atoms with Gasteiger partial charge in [-0.15, -0.1) is 0 Å². The number of nitrogens with zero attached hydrogens (tertiary/aromatic N) is 2. The van der Waals surface area contributed by atoms with Crippen LogP contribution in [-0.2, 0) is 16.1 Å². The second-order valence-electron chi connectivity index (χ2n) is 6.38. The van der Waals surface area contributed by atoms with Crippen molar-refractivity contribution in [2.45, 2.75) is 26.5 Å². The van der Waals surface area contributed by atoms with Gasteiger partial charge in [-0.3, -0.25) is 4.79 Å². The Hall–Kier alpha value is -3.28. The van der Waals surface area contributed by atoms with Gasteiger partial charge in [-0.2, -0.15) is 0 Å². The number of aliphatic hydroxyl groups excluding tert-OH is 1. The molecule has 0 saturated carbocycles. The Morgan fingerprint density at radius 2 is 2.15 bits per heavy atom. The number of aromatic nitrogens is 2. The van der Waals surface area contributed by atoms with Gasteiger partial charge >= 0.3 is 0 Å². The summed E-state index contributed by atoms with van der Waals surface area (Å²) in [5, 5.41) is 11.2. The molecule has 0 radical (unpaired) electrons. The van der Waals surface area contributed by atoms with Crippen molar-refractivity contribution < 1.29 is 19.1 Å². The maximum atomic E-state index is 11.2. The Kier molecular flexibility index (Phi) is 3.88. The highest BCUT2D eigenvalue weighted by molar-refractivity contribution is 5.83. The number of rotatable bonds is 4. The number of aldehydes is 1. The smallest absolute Gasteiger partial charge is 0.178 e. The van der Waals surface area contributed by atoms with Crippen LogP contribution in [0.5, 0.6) is 0 Å². The summed E-state index contributed by atoms with van der Waals surface area (Å²) in [6, 6.07) is 7.80. The number of hydrogen-bond acceptors (Lipinski definition) is 5. The van der Waals surface area contributed by atoms with Crippen molar-refractivity contribution in [2.75, 3.05) is 0 Å². The number of furan rings is 1. The molecule has 132 valence electrons. The lowest BCUT2D eigenvalue weighted by Crippen LogP contribution is -2.22. The van der Waals surface area contributed by atoms with E-state index in [2.05, 4.69) is 4.98 Å². The average molecular weight is 350 g/mol. The van der Waals surface area contributed by atoms with Gasteiger partial charge in [0, 0.05) is 35.5 Å². The van der Waals surface area contributed by atoms with Crippen LogP contribution in [0.1, 0.15) is 25.2 Å². The van der Waals surface area contributed by atoms with Crippen LogP contribution in [0.4, 0.5) is 0 Å². The molecule has 0 fully saturated rings. The first-order valence-electron chi connectivity index (χ1n) is 8.28. The summed E-state index contributed by atoms with van der Waals surface area (Å²) in [6.07, 6.45) is 5.29. The molecule has 1 aliphatic rings. The van der Waals surface area contributed by atoms with Crippen molar-refractivity contribution in [3.8, 4) is 0 Å². The van der Waals surface area contributed by atoms with Gasteiger partial charge in [0.05, 0.1) is 6.33 Å². The number of ether oxygens (including phenoxy) is 1. The number of aliphatic hydroxyl groups is 1. The van der Waals surface area contributed by atoms with E-state index in [1.807, 2.05) is 35.0 Å². The van der Waals surface area contributed by atoms with Crippen molar-refractivity contribution in [3.63, 3.8) is 0 Å². The van der Waals surface area contributed by atoms with Crippen LogP contribution >= 0.6 is 0 Å². The summed E-state index contributed by atoms with van der Waals surface area (Å²) < 4.78 is 13.6. The summed E-state index contributed by atoms with van der Waals surface area (Å²) in [7, 11) is 0. The number of benzene rings is 1. The van der Waals surface area contributed by atoms with Crippen molar-refractivity contribution in [3.05, 3.63) is 71.2 Å². The topological polar surface area (TPSA) is 77.5 Å². The molecular formula is C20H18N2O4. The molecular weight excluding hydrogens is 332 g/mol. The fourth-order valence-electron chi connectivity index (χ4n) is 3.11. The van der Waals surface area contributed by atoms with Crippen molar-refractivity contribution in [1.29, 1.82) is 0 Å². The van der Waals surface area contributed by atoms with Crippen molar-refractivity contribution in [2.24, 2.45) is 0 Å². The lowest BCUT2D eigenvalue weighted by atomic mass is 10.0. The third-order valence-electron chi connectivity index (χ3n) is 4.59. The molecule has 1 atom stereocenters. The molecule has 1 unspecified atom stereocenters. The standard InChI is InChI=1S/C20H18N2O4/c1-12-18(10-23)26-20(13(2)19(12)24)17-8-15-7-14(3-4-16(15)25-17)9-22-6-5-21-11-22/h3-8,10-11,18,24H,9H2,1-2H3. The quantitative estimate of drug-likeness (QED) is 0.724. The second kappa shape index (κ2) is 6.22. The Morgan fingerprint density at radius 3 is 2.88 bits per heavy atom. The Morgan fingerprint density at radius 1 is 1.31 bits per heavy atom. The van der Waals surface area contributed by atoms with E-state index in [9.17, 15) is 9.90 Å².